The Kier molecular flexibility index (Phi) is 5.84. The molecule has 2 aromatic rings. The van der Waals surface area contributed by atoms with E-state index < -0.39 is 42.9 Å². The SMILES string of the molecule is Cc1cc(C(=O)CN2C(=O)C(=O)N(CCc3cccs3)C2=O)c(C)n1CC(F)(F)F. The number of urea groups is 1. The normalized spacial score (nSPS) is 14.9. The molecule has 160 valence electrons. The number of aryl methyl sites for hydroxylation is 1. The van der Waals surface area contributed by atoms with E-state index in [1.807, 2.05) is 17.5 Å². The van der Waals surface area contributed by atoms with Gasteiger partial charge >= 0.3 is 24.0 Å². The molecule has 3 rings (SSSR count). The minimum Gasteiger partial charge on any atom is -0.339 e. The molecule has 0 bridgehead atoms. The van der Waals surface area contributed by atoms with Crippen molar-refractivity contribution in [2.75, 3.05) is 13.1 Å². The Hall–Kier alpha value is -2.95. The molecule has 0 aliphatic carbocycles. The van der Waals surface area contributed by atoms with E-state index in [0.29, 0.717) is 11.3 Å². The second kappa shape index (κ2) is 8.05. The molecule has 1 aliphatic heterocycles. The fraction of sp³-hybridized carbons (Fsp3) is 0.368. The average Bonchev–Trinajstić information content (AvgIpc) is 3.32. The summed E-state index contributed by atoms with van der Waals surface area (Å²) in [7, 11) is 0. The van der Waals surface area contributed by atoms with Gasteiger partial charge in [0.15, 0.2) is 5.78 Å². The van der Waals surface area contributed by atoms with Gasteiger partial charge in [0, 0.05) is 34.8 Å². The van der Waals surface area contributed by atoms with Crippen LogP contribution in [0, 0.1) is 13.8 Å². The highest BCUT2D eigenvalue weighted by atomic mass is 32.1. The van der Waals surface area contributed by atoms with E-state index in [0.717, 1.165) is 14.3 Å². The van der Waals surface area contributed by atoms with Crippen molar-refractivity contribution in [2.45, 2.75) is 33.0 Å². The zero-order chi connectivity index (χ0) is 22.2. The summed E-state index contributed by atoms with van der Waals surface area (Å²) in [6.07, 6.45) is -4.09. The maximum atomic E-state index is 12.8. The number of halogens is 3. The molecule has 2 aromatic heterocycles. The fourth-order valence-corrected chi connectivity index (χ4v) is 4.00. The van der Waals surface area contributed by atoms with Gasteiger partial charge in [-0.25, -0.2) is 9.69 Å². The van der Waals surface area contributed by atoms with Gasteiger partial charge in [0.05, 0.1) is 6.54 Å². The van der Waals surface area contributed by atoms with Crippen LogP contribution in [-0.4, -0.2) is 57.3 Å². The number of amides is 4. The van der Waals surface area contributed by atoms with Crippen LogP contribution >= 0.6 is 11.3 Å². The van der Waals surface area contributed by atoms with Crippen molar-refractivity contribution in [3.8, 4) is 0 Å². The first kappa shape index (κ1) is 21.8. The van der Waals surface area contributed by atoms with Crippen molar-refractivity contribution < 1.29 is 32.3 Å². The average molecular weight is 441 g/mol. The highest BCUT2D eigenvalue weighted by Crippen LogP contribution is 2.24. The molecular weight excluding hydrogens is 423 g/mol. The van der Waals surface area contributed by atoms with E-state index in [9.17, 15) is 32.3 Å². The zero-order valence-corrected chi connectivity index (χ0v) is 17.0. The fourth-order valence-electron chi connectivity index (χ4n) is 3.30. The molecular formula is C19H18F3N3O4S. The summed E-state index contributed by atoms with van der Waals surface area (Å²) in [5.41, 5.74) is 0.275. The molecule has 4 amide bonds. The van der Waals surface area contributed by atoms with Gasteiger partial charge in [0.2, 0.25) is 0 Å². The van der Waals surface area contributed by atoms with Crippen LogP contribution in [-0.2, 0) is 22.6 Å². The smallest absolute Gasteiger partial charge is 0.339 e. The number of aromatic nitrogens is 1. The predicted octanol–water partition coefficient (Wildman–Crippen LogP) is 2.94. The van der Waals surface area contributed by atoms with E-state index in [1.54, 1.807) is 0 Å². The van der Waals surface area contributed by atoms with Gasteiger partial charge in [-0.15, -0.1) is 11.3 Å². The molecule has 7 nitrogen and oxygen atoms in total. The molecule has 30 heavy (non-hydrogen) atoms. The van der Waals surface area contributed by atoms with Gasteiger partial charge in [-0.1, -0.05) is 6.07 Å². The van der Waals surface area contributed by atoms with Crippen LogP contribution in [0.4, 0.5) is 18.0 Å². The highest BCUT2D eigenvalue weighted by Gasteiger charge is 2.45. The molecule has 0 saturated carbocycles. The Morgan fingerprint density at radius 1 is 1.10 bits per heavy atom. The zero-order valence-electron chi connectivity index (χ0n) is 16.2. The molecule has 1 saturated heterocycles. The van der Waals surface area contributed by atoms with Gasteiger partial charge in [0.25, 0.3) is 0 Å². The first-order valence-corrected chi connectivity index (χ1v) is 9.84. The molecule has 1 fully saturated rings. The van der Waals surface area contributed by atoms with Crippen molar-refractivity contribution in [1.29, 1.82) is 0 Å². The standard InChI is InChI=1S/C19H18F3N3O4S/c1-11-8-14(12(2)25(11)10-19(20,21)22)15(26)9-24-17(28)16(27)23(18(24)29)6-5-13-4-3-7-30-13/h3-4,7-8H,5-6,9-10H2,1-2H3. The van der Waals surface area contributed by atoms with Gasteiger partial charge < -0.3 is 4.57 Å². The molecule has 1 aliphatic rings. The third-order valence-electron chi connectivity index (χ3n) is 4.81. The van der Waals surface area contributed by atoms with Crippen LogP contribution in [0.1, 0.15) is 26.6 Å². The van der Waals surface area contributed by atoms with E-state index in [-0.39, 0.29) is 23.5 Å². The number of thiophene rings is 1. The van der Waals surface area contributed by atoms with Gasteiger partial charge in [-0.05, 0) is 31.4 Å². The summed E-state index contributed by atoms with van der Waals surface area (Å²) in [6.45, 7) is 0.814. The summed E-state index contributed by atoms with van der Waals surface area (Å²) in [5, 5.41) is 1.84. The van der Waals surface area contributed by atoms with Gasteiger partial charge in [-0.2, -0.15) is 13.2 Å². The van der Waals surface area contributed by atoms with E-state index in [4.69, 9.17) is 0 Å². The number of imide groups is 2. The third kappa shape index (κ3) is 4.30. The van der Waals surface area contributed by atoms with Crippen LogP contribution in [0.15, 0.2) is 23.6 Å². The number of Topliss-reactive ketones (excluding diaryl/α,β-unsaturated/α-hetero) is 1. The highest BCUT2D eigenvalue weighted by molar-refractivity contribution is 7.09. The largest absolute Gasteiger partial charge is 0.406 e. The Morgan fingerprint density at radius 3 is 2.37 bits per heavy atom. The second-order valence-corrected chi connectivity index (χ2v) is 7.90. The molecule has 0 atom stereocenters. The first-order valence-electron chi connectivity index (χ1n) is 8.96. The minimum absolute atomic E-state index is 0.00525. The number of carbonyl (C=O) groups excluding carboxylic acids is 4. The lowest BCUT2D eigenvalue weighted by Crippen LogP contribution is -2.37. The van der Waals surface area contributed by atoms with Crippen molar-refractivity contribution in [2.24, 2.45) is 0 Å². The Bertz CT molecular complexity index is 1010. The van der Waals surface area contributed by atoms with Crippen LogP contribution in [0.2, 0.25) is 0 Å². The number of rotatable bonds is 7. The number of alkyl halides is 3. The van der Waals surface area contributed by atoms with E-state index >= 15 is 0 Å². The van der Waals surface area contributed by atoms with E-state index in [1.165, 1.54) is 31.3 Å². The molecule has 0 unspecified atom stereocenters. The van der Waals surface area contributed by atoms with Crippen LogP contribution < -0.4 is 0 Å². The Morgan fingerprint density at radius 2 is 1.77 bits per heavy atom. The quantitative estimate of drug-likeness (QED) is 0.376. The maximum Gasteiger partial charge on any atom is 0.406 e. The van der Waals surface area contributed by atoms with Crippen molar-refractivity contribution in [3.63, 3.8) is 0 Å². The molecule has 0 aromatic carbocycles. The van der Waals surface area contributed by atoms with Gasteiger partial charge in [0.1, 0.15) is 6.54 Å². The van der Waals surface area contributed by atoms with Crippen LogP contribution in [0.25, 0.3) is 0 Å². The lowest BCUT2D eigenvalue weighted by Gasteiger charge is -2.15. The topological polar surface area (TPSA) is 79.7 Å². The first-order chi connectivity index (χ1) is 14.0. The minimum atomic E-state index is -4.47. The molecule has 3 heterocycles. The summed E-state index contributed by atoms with van der Waals surface area (Å²) in [5.74, 6) is -2.86. The second-order valence-electron chi connectivity index (χ2n) is 6.87. The Balaban J connectivity index is 1.73. The number of hydrogen-bond donors (Lipinski definition) is 0. The number of ketones is 1. The summed E-state index contributed by atoms with van der Waals surface area (Å²) in [6, 6.07) is 4.03. The van der Waals surface area contributed by atoms with Crippen LogP contribution in [0.5, 0.6) is 0 Å². The van der Waals surface area contributed by atoms with Crippen molar-refractivity contribution in [3.05, 3.63) is 45.4 Å². The molecule has 0 N–H and O–H groups in total. The van der Waals surface area contributed by atoms with Gasteiger partial charge in [-0.3, -0.25) is 19.3 Å². The van der Waals surface area contributed by atoms with Crippen molar-refractivity contribution >= 4 is 35.0 Å². The third-order valence-corrected chi connectivity index (χ3v) is 5.75. The number of hydrogen-bond acceptors (Lipinski definition) is 5. The summed E-state index contributed by atoms with van der Waals surface area (Å²) in [4.78, 5) is 51.8. The maximum absolute atomic E-state index is 12.8. The lowest BCUT2D eigenvalue weighted by molar-refractivity contribution is -0.143. The van der Waals surface area contributed by atoms with Crippen LogP contribution in [0.3, 0.4) is 0 Å². The monoisotopic (exact) mass is 441 g/mol. The number of carbonyl (C=O) groups is 4. The lowest BCUT2D eigenvalue weighted by atomic mass is 10.1. The summed E-state index contributed by atoms with van der Waals surface area (Å²) < 4.78 is 39.2. The molecule has 0 spiro atoms. The Labute approximate surface area is 173 Å². The molecule has 0 radical (unpaired) electrons. The van der Waals surface area contributed by atoms with E-state index in [2.05, 4.69) is 0 Å². The van der Waals surface area contributed by atoms with Crippen molar-refractivity contribution in [1.82, 2.24) is 14.4 Å². The molecule has 11 heteroatoms. The predicted molar refractivity (Wildman–Crippen MR) is 101 cm³/mol. The summed E-state index contributed by atoms with van der Waals surface area (Å²) >= 11 is 1.44. The number of nitrogens with zero attached hydrogens (tertiary/aromatic N) is 3.